The molecule has 0 saturated carbocycles. The second kappa shape index (κ2) is 7.44. The van der Waals surface area contributed by atoms with E-state index in [1.165, 1.54) is 0 Å². The lowest BCUT2D eigenvalue weighted by molar-refractivity contribution is -0.105. The Labute approximate surface area is 109 Å². The molecule has 0 saturated heterocycles. The molecule has 4 heteroatoms. The summed E-state index contributed by atoms with van der Waals surface area (Å²) in [5, 5.41) is 0. The Bertz CT molecular complexity index is 322. The number of carbonyl (C=O) groups is 1. The highest BCUT2D eigenvalue weighted by Gasteiger charge is 2.32. The van der Waals surface area contributed by atoms with Crippen LogP contribution >= 0.6 is 0 Å². The summed E-state index contributed by atoms with van der Waals surface area (Å²) in [4.78, 5) is 15.3. The van der Waals surface area contributed by atoms with Gasteiger partial charge in [-0.2, -0.15) is 0 Å². The minimum absolute atomic E-state index is 0.0840. The molecule has 18 heavy (non-hydrogen) atoms. The van der Waals surface area contributed by atoms with Crippen molar-refractivity contribution in [3.63, 3.8) is 0 Å². The number of nitrogens with zero attached hydrogens (tertiary/aromatic N) is 1. The van der Waals surface area contributed by atoms with Crippen LogP contribution in [0.4, 0.5) is 0 Å². The van der Waals surface area contributed by atoms with Gasteiger partial charge in [0.2, 0.25) is 0 Å². The van der Waals surface area contributed by atoms with Gasteiger partial charge in [-0.25, -0.2) is 0 Å². The molecule has 0 spiro atoms. The van der Waals surface area contributed by atoms with E-state index in [0.717, 1.165) is 24.7 Å². The average Bonchev–Trinajstić information content (AvgIpc) is 2.39. The highest BCUT2D eigenvalue weighted by Crippen LogP contribution is 2.24. The number of ether oxygens (including phenoxy) is 1. The minimum atomic E-state index is -0.185. The highest BCUT2D eigenvalue weighted by atomic mass is 16.5. The number of carbonyl (C=O) groups excluding carboxylic acids is 1. The number of aliphatic imine (C=N–C) groups is 1. The van der Waals surface area contributed by atoms with Gasteiger partial charge >= 0.3 is 0 Å². The SMILES string of the molecule is C/C=N/[C@@H]1[C@@H](N)CC(C=O)=C[C@H]1OC(CC)CC. The quantitative estimate of drug-likeness (QED) is 0.580. The van der Waals surface area contributed by atoms with Gasteiger partial charge in [0.1, 0.15) is 12.4 Å². The molecule has 102 valence electrons. The van der Waals surface area contributed by atoms with Gasteiger partial charge in [-0.3, -0.25) is 9.79 Å². The van der Waals surface area contributed by atoms with E-state index < -0.39 is 0 Å². The van der Waals surface area contributed by atoms with Crippen LogP contribution in [0.25, 0.3) is 0 Å². The summed E-state index contributed by atoms with van der Waals surface area (Å²) in [5.41, 5.74) is 6.81. The second-order valence-electron chi connectivity index (χ2n) is 4.66. The van der Waals surface area contributed by atoms with Crippen molar-refractivity contribution in [3.8, 4) is 0 Å². The van der Waals surface area contributed by atoms with E-state index in [1.807, 2.05) is 13.0 Å². The van der Waals surface area contributed by atoms with Crippen molar-refractivity contribution in [1.29, 1.82) is 0 Å². The standard InChI is InChI=1S/C14H24N2O2/c1-4-11(5-2)18-13-8-10(9-17)7-12(15)14(13)16-6-3/h6,8-9,11-14H,4-5,7,15H2,1-3H3/b16-6+/t12-,13+,14+/m0/s1. The number of nitrogens with two attached hydrogens (primary N) is 1. The van der Waals surface area contributed by atoms with Gasteiger partial charge in [0.15, 0.2) is 0 Å². The number of rotatable bonds is 6. The van der Waals surface area contributed by atoms with Crippen LogP contribution in [0.3, 0.4) is 0 Å². The Morgan fingerprint density at radius 2 is 2.22 bits per heavy atom. The van der Waals surface area contributed by atoms with Gasteiger partial charge in [0.25, 0.3) is 0 Å². The second-order valence-corrected chi connectivity index (χ2v) is 4.66. The molecule has 0 fully saturated rings. The zero-order valence-corrected chi connectivity index (χ0v) is 11.5. The maximum atomic E-state index is 10.9. The minimum Gasteiger partial charge on any atom is -0.369 e. The molecule has 3 atom stereocenters. The first-order valence-electron chi connectivity index (χ1n) is 6.70. The molecule has 0 unspecified atom stereocenters. The molecule has 0 heterocycles. The van der Waals surface area contributed by atoms with Crippen LogP contribution in [0.2, 0.25) is 0 Å². The van der Waals surface area contributed by atoms with Gasteiger partial charge in [0.05, 0.1) is 12.1 Å². The van der Waals surface area contributed by atoms with Crippen molar-refractivity contribution in [3.05, 3.63) is 11.6 Å². The van der Waals surface area contributed by atoms with Gasteiger partial charge in [-0.15, -0.1) is 0 Å². The molecule has 0 radical (unpaired) electrons. The first-order valence-corrected chi connectivity index (χ1v) is 6.70. The Morgan fingerprint density at radius 1 is 1.56 bits per heavy atom. The maximum absolute atomic E-state index is 10.9. The maximum Gasteiger partial charge on any atom is 0.145 e. The van der Waals surface area contributed by atoms with Crippen LogP contribution in [-0.2, 0) is 9.53 Å². The average molecular weight is 252 g/mol. The zero-order valence-electron chi connectivity index (χ0n) is 11.5. The number of hydrogen-bond donors (Lipinski definition) is 1. The van der Waals surface area contributed by atoms with Crippen LogP contribution in [0.15, 0.2) is 16.6 Å². The lowest BCUT2D eigenvalue weighted by Gasteiger charge is -2.33. The van der Waals surface area contributed by atoms with E-state index in [2.05, 4.69) is 18.8 Å². The van der Waals surface area contributed by atoms with Gasteiger partial charge in [0, 0.05) is 6.04 Å². The first kappa shape index (κ1) is 15.1. The van der Waals surface area contributed by atoms with Crippen molar-refractivity contribution >= 4 is 12.5 Å². The molecular formula is C14H24N2O2. The van der Waals surface area contributed by atoms with E-state index in [1.54, 1.807) is 6.21 Å². The van der Waals surface area contributed by atoms with E-state index in [-0.39, 0.29) is 24.3 Å². The molecule has 2 N–H and O–H groups in total. The van der Waals surface area contributed by atoms with Gasteiger partial charge in [-0.1, -0.05) is 13.8 Å². The Balaban J connectivity index is 2.88. The van der Waals surface area contributed by atoms with Gasteiger partial charge in [-0.05, 0) is 44.0 Å². The summed E-state index contributed by atoms with van der Waals surface area (Å²) in [6.07, 6.45) is 7.00. The van der Waals surface area contributed by atoms with Crippen LogP contribution in [0.1, 0.15) is 40.0 Å². The van der Waals surface area contributed by atoms with E-state index >= 15 is 0 Å². The third-order valence-corrected chi connectivity index (χ3v) is 3.36. The monoisotopic (exact) mass is 252 g/mol. The lowest BCUT2D eigenvalue weighted by atomic mass is 9.89. The molecule has 1 rings (SSSR count). The summed E-state index contributed by atoms with van der Waals surface area (Å²) in [6, 6.07) is -0.231. The molecule has 0 aromatic heterocycles. The summed E-state index contributed by atoms with van der Waals surface area (Å²) in [7, 11) is 0. The summed E-state index contributed by atoms with van der Waals surface area (Å²) < 4.78 is 6.03. The number of hydrogen-bond acceptors (Lipinski definition) is 4. The normalized spacial score (nSPS) is 28.7. The smallest absolute Gasteiger partial charge is 0.145 e. The topological polar surface area (TPSA) is 64.7 Å². The Morgan fingerprint density at radius 3 is 2.72 bits per heavy atom. The largest absolute Gasteiger partial charge is 0.369 e. The Hall–Kier alpha value is -1.00. The van der Waals surface area contributed by atoms with Crippen molar-refractivity contribution in [1.82, 2.24) is 0 Å². The van der Waals surface area contributed by atoms with Crippen LogP contribution < -0.4 is 5.73 Å². The first-order chi connectivity index (χ1) is 8.65. The summed E-state index contributed by atoms with van der Waals surface area (Å²) in [5.74, 6) is 0. The molecule has 1 aliphatic carbocycles. The predicted molar refractivity (Wildman–Crippen MR) is 73.9 cm³/mol. The third kappa shape index (κ3) is 3.75. The lowest BCUT2D eigenvalue weighted by Crippen LogP contribution is -2.46. The molecule has 0 amide bonds. The molecule has 1 aliphatic rings. The molecule has 0 aliphatic heterocycles. The molecule has 0 aromatic rings. The predicted octanol–water partition coefficient (Wildman–Crippen LogP) is 1.88. The summed E-state index contributed by atoms with van der Waals surface area (Å²) >= 11 is 0. The van der Waals surface area contributed by atoms with E-state index in [4.69, 9.17) is 10.5 Å². The molecule has 0 aromatic carbocycles. The van der Waals surface area contributed by atoms with E-state index in [9.17, 15) is 4.79 Å². The fraction of sp³-hybridized carbons (Fsp3) is 0.714. The van der Waals surface area contributed by atoms with Crippen molar-refractivity contribution in [2.45, 2.75) is 64.3 Å². The fourth-order valence-corrected chi connectivity index (χ4v) is 2.29. The fourth-order valence-electron chi connectivity index (χ4n) is 2.29. The van der Waals surface area contributed by atoms with Gasteiger partial charge < -0.3 is 10.5 Å². The highest BCUT2D eigenvalue weighted by molar-refractivity contribution is 5.74. The molecular weight excluding hydrogens is 228 g/mol. The van der Waals surface area contributed by atoms with E-state index in [0.29, 0.717) is 6.42 Å². The third-order valence-electron chi connectivity index (χ3n) is 3.36. The van der Waals surface area contributed by atoms with Crippen LogP contribution in [0.5, 0.6) is 0 Å². The van der Waals surface area contributed by atoms with Crippen LogP contribution in [0, 0.1) is 0 Å². The number of aldehydes is 1. The van der Waals surface area contributed by atoms with Crippen molar-refractivity contribution in [2.75, 3.05) is 0 Å². The zero-order chi connectivity index (χ0) is 13.5. The van der Waals surface area contributed by atoms with Crippen molar-refractivity contribution in [2.24, 2.45) is 10.7 Å². The van der Waals surface area contributed by atoms with Crippen LogP contribution in [-0.4, -0.2) is 36.8 Å². The molecule has 4 nitrogen and oxygen atoms in total. The van der Waals surface area contributed by atoms with Crippen molar-refractivity contribution < 1.29 is 9.53 Å². The Kier molecular flexibility index (Phi) is 6.22. The molecule has 0 bridgehead atoms. The summed E-state index contributed by atoms with van der Waals surface area (Å²) in [6.45, 7) is 6.07.